The third-order valence-electron chi connectivity index (χ3n) is 8.02. The molecule has 248 valence electrons. The molecule has 2 aliphatic rings. The quantitative estimate of drug-likeness (QED) is 0.213. The molecule has 0 radical (unpaired) electrons. The largest absolute Gasteiger partial charge is 0.497 e. The molecule has 1 saturated heterocycles. The number of hydrogen-bond donors (Lipinski definition) is 0. The summed E-state index contributed by atoms with van der Waals surface area (Å²) in [6.45, 7) is 6.97. The van der Waals surface area contributed by atoms with Crippen molar-refractivity contribution < 1.29 is 47.1 Å². The number of halogens is 1. The predicted octanol–water partition coefficient (Wildman–Crippen LogP) is 5.42. The summed E-state index contributed by atoms with van der Waals surface area (Å²) in [5.41, 5.74) is 1.94. The number of fused-ring (bicyclic) bond motifs is 2. The summed E-state index contributed by atoms with van der Waals surface area (Å²) in [6, 6.07) is 10.6. The molecule has 0 N–H and O–H groups in total. The number of carbonyl (C=O) groups excluding carboxylic acids is 2. The summed E-state index contributed by atoms with van der Waals surface area (Å²) in [6.07, 6.45) is 2.02. The predicted molar refractivity (Wildman–Crippen MR) is 174 cm³/mol. The van der Waals surface area contributed by atoms with Gasteiger partial charge in [0, 0.05) is 31.8 Å². The molecule has 0 bridgehead atoms. The molecule has 2 aromatic carbocycles. The standard InChI is InChI=1S/C34H43BFNO9/c1-20-15-26(36)30(42-18-22-11-13-25(41-7)14-12-22)31-27(45-34(3,4)46-31)10-8-9-23-16-24(37(5)33(35)39)17-28(43-19-40-6)29(23)32(38)44-21(20)2/h8-9,11-17,20-21,27,30-31H,10,18-19,35H2,1-7H3/b9-8+,26-15+/t20-,21+,27+,30-,31+/m1/s1. The van der Waals surface area contributed by atoms with Crippen molar-refractivity contribution in [2.75, 3.05) is 33.0 Å². The zero-order valence-electron chi connectivity index (χ0n) is 27.7. The number of cyclic esters (lactones) is 1. The lowest BCUT2D eigenvalue weighted by molar-refractivity contribution is -0.158. The molecule has 10 nitrogen and oxygen atoms in total. The fourth-order valence-corrected chi connectivity index (χ4v) is 5.27. The third kappa shape index (κ3) is 8.55. The number of methoxy groups -OCH3 is 2. The zero-order chi connectivity index (χ0) is 33.6. The molecular formula is C34H43BFNO9. The molecule has 46 heavy (non-hydrogen) atoms. The topological polar surface area (TPSA) is 102 Å². The first kappa shape index (κ1) is 35.2. The third-order valence-corrected chi connectivity index (χ3v) is 8.02. The Morgan fingerprint density at radius 1 is 1.13 bits per heavy atom. The Morgan fingerprint density at radius 3 is 2.50 bits per heavy atom. The summed E-state index contributed by atoms with van der Waals surface area (Å²) < 4.78 is 57.0. The van der Waals surface area contributed by atoms with E-state index >= 15 is 4.39 Å². The van der Waals surface area contributed by atoms with Crippen molar-refractivity contribution in [3.8, 4) is 11.5 Å². The van der Waals surface area contributed by atoms with Crippen molar-refractivity contribution in [3.05, 3.63) is 71.1 Å². The van der Waals surface area contributed by atoms with Gasteiger partial charge in [0.25, 0.3) is 0 Å². The number of benzene rings is 2. The van der Waals surface area contributed by atoms with E-state index in [1.807, 2.05) is 30.3 Å². The first-order chi connectivity index (χ1) is 21.8. The van der Waals surface area contributed by atoms with Crippen LogP contribution in [0.1, 0.15) is 55.6 Å². The lowest BCUT2D eigenvalue weighted by Crippen LogP contribution is -2.38. The maximum Gasteiger partial charge on any atom is 0.342 e. The van der Waals surface area contributed by atoms with Crippen LogP contribution in [-0.4, -0.2) is 77.9 Å². The number of hydrogen-bond acceptors (Lipinski definition) is 9. The van der Waals surface area contributed by atoms with Crippen LogP contribution in [0.3, 0.4) is 0 Å². The highest BCUT2D eigenvalue weighted by Crippen LogP contribution is 2.37. The molecule has 2 heterocycles. The van der Waals surface area contributed by atoms with Gasteiger partial charge in [-0.05, 0) is 62.6 Å². The first-order valence-corrected chi connectivity index (χ1v) is 15.2. The Morgan fingerprint density at radius 2 is 1.85 bits per heavy atom. The van der Waals surface area contributed by atoms with E-state index in [0.29, 0.717) is 23.4 Å². The Balaban J connectivity index is 1.77. The Hall–Kier alpha value is -3.71. The molecule has 2 aliphatic heterocycles. The molecule has 1 fully saturated rings. The maximum atomic E-state index is 16.2. The average molecular weight is 640 g/mol. The van der Waals surface area contributed by atoms with Crippen LogP contribution in [-0.2, 0) is 30.3 Å². The summed E-state index contributed by atoms with van der Waals surface area (Å²) in [4.78, 5) is 27.4. The minimum atomic E-state index is -1.10. The van der Waals surface area contributed by atoms with E-state index in [4.69, 9.17) is 33.2 Å². The lowest BCUT2D eigenvalue weighted by atomic mass is 9.97. The molecule has 1 amide bonds. The van der Waals surface area contributed by atoms with Gasteiger partial charge in [0.2, 0.25) is 7.85 Å². The molecule has 0 unspecified atom stereocenters. The van der Waals surface area contributed by atoms with Crippen molar-refractivity contribution in [2.24, 2.45) is 5.92 Å². The second kappa shape index (κ2) is 15.3. The van der Waals surface area contributed by atoms with Gasteiger partial charge in [0.1, 0.15) is 41.2 Å². The second-order valence-corrected chi connectivity index (χ2v) is 11.9. The summed E-state index contributed by atoms with van der Waals surface area (Å²) in [5.74, 6) is -2.10. The summed E-state index contributed by atoms with van der Waals surface area (Å²) in [7, 11) is 6.11. The van der Waals surface area contributed by atoms with Gasteiger partial charge < -0.3 is 38.1 Å². The minimum Gasteiger partial charge on any atom is -0.497 e. The van der Waals surface area contributed by atoms with Gasteiger partial charge in [-0.2, -0.15) is 0 Å². The number of ether oxygens (including phenoxy) is 7. The maximum absolute atomic E-state index is 16.2. The molecular weight excluding hydrogens is 596 g/mol. The van der Waals surface area contributed by atoms with Gasteiger partial charge in [-0.25, -0.2) is 9.18 Å². The molecule has 4 rings (SSSR count). The van der Waals surface area contributed by atoms with Gasteiger partial charge in [-0.15, -0.1) is 0 Å². The van der Waals surface area contributed by atoms with Crippen LogP contribution >= 0.6 is 0 Å². The molecule has 12 heteroatoms. The van der Waals surface area contributed by atoms with Gasteiger partial charge in [-0.3, -0.25) is 4.79 Å². The summed E-state index contributed by atoms with van der Waals surface area (Å²) >= 11 is 0. The second-order valence-electron chi connectivity index (χ2n) is 11.9. The van der Waals surface area contributed by atoms with Crippen molar-refractivity contribution in [1.82, 2.24) is 0 Å². The fourth-order valence-electron chi connectivity index (χ4n) is 5.27. The van der Waals surface area contributed by atoms with Crippen LogP contribution in [0.25, 0.3) is 6.08 Å². The zero-order valence-corrected chi connectivity index (χ0v) is 27.7. The number of carbonyl (C=O) groups is 2. The smallest absolute Gasteiger partial charge is 0.342 e. The minimum absolute atomic E-state index is 0.113. The molecule has 0 spiro atoms. The van der Waals surface area contributed by atoms with E-state index in [0.717, 1.165) is 5.56 Å². The van der Waals surface area contributed by atoms with Gasteiger partial charge in [0.15, 0.2) is 18.4 Å². The van der Waals surface area contributed by atoms with Crippen molar-refractivity contribution in [3.63, 3.8) is 0 Å². The SMILES string of the molecule is BC(=O)N(C)c1cc2c(c(OCOC)c1)C(=O)O[C@@H](C)[C@H](C)/C=C(/F)[C@@H](OCc1ccc(OC)cc1)[C@H]1OC(C)(C)O[C@H]1C/C=C/2. The molecule has 0 saturated carbocycles. The highest BCUT2D eigenvalue weighted by molar-refractivity contribution is 6.60. The van der Waals surface area contributed by atoms with E-state index in [9.17, 15) is 9.59 Å². The number of anilines is 1. The van der Waals surface area contributed by atoms with Gasteiger partial charge in [-0.1, -0.05) is 31.2 Å². The Kier molecular flexibility index (Phi) is 11.7. The lowest BCUT2D eigenvalue weighted by Gasteiger charge is -2.27. The van der Waals surface area contributed by atoms with E-state index in [-0.39, 0.29) is 30.5 Å². The Labute approximate surface area is 270 Å². The van der Waals surface area contributed by atoms with Crippen LogP contribution < -0.4 is 14.4 Å². The van der Waals surface area contributed by atoms with E-state index in [1.54, 1.807) is 60.1 Å². The van der Waals surface area contributed by atoms with Crippen LogP contribution in [0, 0.1) is 5.92 Å². The molecule has 0 aliphatic carbocycles. The molecule has 2 aromatic rings. The van der Waals surface area contributed by atoms with Crippen LogP contribution in [0.4, 0.5) is 14.9 Å². The Bertz CT molecular complexity index is 1440. The fraction of sp³-hybridized carbons (Fsp3) is 0.471. The van der Waals surface area contributed by atoms with Crippen LogP contribution in [0.15, 0.2) is 54.4 Å². The average Bonchev–Trinajstić information content (AvgIpc) is 3.32. The van der Waals surface area contributed by atoms with Crippen molar-refractivity contribution in [1.29, 1.82) is 0 Å². The van der Waals surface area contributed by atoms with Crippen molar-refractivity contribution in [2.45, 2.75) is 70.9 Å². The first-order valence-electron chi connectivity index (χ1n) is 15.2. The van der Waals surface area contributed by atoms with Crippen molar-refractivity contribution >= 4 is 31.4 Å². The van der Waals surface area contributed by atoms with Gasteiger partial charge >= 0.3 is 5.97 Å². The number of nitrogens with zero attached hydrogens (tertiary/aromatic N) is 1. The number of rotatable bonds is 8. The number of esters is 1. The normalized spacial score (nSPS) is 26.4. The number of amides is 1. The highest BCUT2D eigenvalue weighted by atomic mass is 19.1. The van der Waals surface area contributed by atoms with Crippen LogP contribution in [0.2, 0.25) is 0 Å². The monoisotopic (exact) mass is 639 g/mol. The van der Waals surface area contributed by atoms with Crippen LogP contribution in [0.5, 0.6) is 11.5 Å². The van der Waals surface area contributed by atoms with E-state index in [1.165, 1.54) is 25.9 Å². The van der Waals surface area contributed by atoms with E-state index < -0.39 is 47.9 Å². The van der Waals surface area contributed by atoms with E-state index in [2.05, 4.69) is 0 Å². The summed E-state index contributed by atoms with van der Waals surface area (Å²) in [5, 5.41) is 0. The van der Waals surface area contributed by atoms with Gasteiger partial charge in [0.05, 0.1) is 19.8 Å². The highest BCUT2D eigenvalue weighted by Gasteiger charge is 2.47. The molecule has 5 atom stereocenters. The molecule has 0 aromatic heterocycles.